The zero-order valence-corrected chi connectivity index (χ0v) is 20.9. The van der Waals surface area contributed by atoms with Gasteiger partial charge in [-0.05, 0) is 53.6 Å². The van der Waals surface area contributed by atoms with Crippen molar-refractivity contribution in [1.29, 1.82) is 0 Å². The first kappa shape index (κ1) is 24.7. The van der Waals surface area contributed by atoms with Crippen LogP contribution in [-0.2, 0) is 22.7 Å². The number of likely N-dealkylation sites (tertiary alicyclic amines) is 1. The van der Waals surface area contributed by atoms with Crippen LogP contribution in [0.15, 0.2) is 101 Å². The average molecular weight is 534 g/mol. The van der Waals surface area contributed by atoms with Gasteiger partial charge < -0.3 is 19.2 Å². The predicted octanol–water partition coefficient (Wildman–Crippen LogP) is 6.79. The van der Waals surface area contributed by atoms with Gasteiger partial charge in [0.1, 0.15) is 23.9 Å². The van der Waals surface area contributed by atoms with Gasteiger partial charge in [0.15, 0.2) is 0 Å². The van der Waals surface area contributed by atoms with E-state index < -0.39 is 17.7 Å². The van der Waals surface area contributed by atoms with Gasteiger partial charge in [0, 0.05) is 5.56 Å². The van der Waals surface area contributed by atoms with Crippen molar-refractivity contribution in [3.05, 3.63) is 129 Å². The van der Waals surface area contributed by atoms with Crippen LogP contribution in [0.4, 0.5) is 0 Å². The number of carbonyl (C=O) groups excluding carboxylic acids is 2. The van der Waals surface area contributed by atoms with Crippen LogP contribution in [0.25, 0.3) is 5.76 Å². The summed E-state index contributed by atoms with van der Waals surface area (Å²) in [6.07, 6.45) is 1.50. The third-order valence-corrected chi connectivity index (χ3v) is 6.82. The van der Waals surface area contributed by atoms with Gasteiger partial charge in [-0.15, -0.1) is 0 Å². The third kappa shape index (κ3) is 5.12. The van der Waals surface area contributed by atoms with Crippen molar-refractivity contribution < 1.29 is 23.8 Å². The Morgan fingerprint density at radius 1 is 0.919 bits per heavy atom. The van der Waals surface area contributed by atoms with Crippen molar-refractivity contribution in [2.24, 2.45) is 0 Å². The lowest BCUT2D eigenvalue weighted by molar-refractivity contribution is -0.140. The summed E-state index contributed by atoms with van der Waals surface area (Å²) in [5, 5.41) is 11.7. The van der Waals surface area contributed by atoms with Gasteiger partial charge in [0.2, 0.25) is 0 Å². The fourth-order valence-corrected chi connectivity index (χ4v) is 4.54. The molecule has 0 saturated carbocycles. The molecule has 8 heteroatoms. The van der Waals surface area contributed by atoms with E-state index in [1.807, 2.05) is 30.3 Å². The number of ether oxygens (including phenoxy) is 1. The number of amides is 1. The molecule has 186 valence electrons. The van der Waals surface area contributed by atoms with Gasteiger partial charge in [-0.3, -0.25) is 9.59 Å². The van der Waals surface area contributed by atoms with Crippen LogP contribution in [0.3, 0.4) is 0 Å². The van der Waals surface area contributed by atoms with Gasteiger partial charge >= 0.3 is 0 Å². The monoisotopic (exact) mass is 533 g/mol. The lowest BCUT2D eigenvalue weighted by atomic mass is 9.95. The minimum absolute atomic E-state index is 0.0482. The molecule has 5 rings (SSSR count). The number of hydrogen-bond donors (Lipinski definition) is 1. The fourth-order valence-electron chi connectivity index (χ4n) is 4.25. The highest BCUT2D eigenvalue weighted by atomic mass is 35.5. The largest absolute Gasteiger partial charge is 0.507 e. The number of aliphatic hydroxyl groups is 1. The van der Waals surface area contributed by atoms with E-state index in [2.05, 4.69) is 0 Å². The fraction of sp³-hybridized carbons (Fsp3) is 0.103. The highest BCUT2D eigenvalue weighted by Crippen LogP contribution is 2.41. The SMILES string of the molecule is O=C1C(=O)N(Cc2ccco2)C(c2ccc(OCc3ccccc3)cc2)/C1=C(/O)c1ccc(Cl)c(Cl)c1. The number of Topliss-reactive ketones (excluding diaryl/α,β-unsaturated/α-hetero) is 1. The number of rotatable bonds is 7. The van der Waals surface area contributed by atoms with E-state index in [9.17, 15) is 14.7 Å². The molecule has 4 aromatic rings. The number of nitrogens with zero attached hydrogens (tertiary/aromatic N) is 1. The molecule has 0 radical (unpaired) electrons. The summed E-state index contributed by atoms with van der Waals surface area (Å²) in [6, 6.07) is 23.9. The molecule has 0 aliphatic carbocycles. The highest BCUT2D eigenvalue weighted by Gasteiger charge is 2.46. The van der Waals surface area contributed by atoms with Gasteiger partial charge in [0.25, 0.3) is 11.7 Å². The van der Waals surface area contributed by atoms with Crippen molar-refractivity contribution in [2.75, 3.05) is 0 Å². The Bertz CT molecular complexity index is 1460. The first-order chi connectivity index (χ1) is 17.9. The average Bonchev–Trinajstić information content (AvgIpc) is 3.52. The number of aliphatic hydroxyl groups excluding tert-OH is 1. The second-order valence-electron chi connectivity index (χ2n) is 8.48. The van der Waals surface area contributed by atoms with Gasteiger partial charge in [-0.2, -0.15) is 0 Å². The second-order valence-corrected chi connectivity index (χ2v) is 9.29. The Kier molecular flexibility index (Phi) is 7.04. The van der Waals surface area contributed by atoms with E-state index in [-0.39, 0.29) is 28.5 Å². The van der Waals surface area contributed by atoms with E-state index in [0.717, 1.165) is 5.56 Å². The van der Waals surface area contributed by atoms with E-state index in [4.69, 9.17) is 32.4 Å². The number of carbonyl (C=O) groups is 2. The first-order valence-electron chi connectivity index (χ1n) is 11.5. The quantitative estimate of drug-likeness (QED) is 0.161. The Balaban J connectivity index is 1.52. The summed E-state index contributed by atoms with van der Waals surface area (Å²) in [4.78, 5) is 27.7. The summed E-state index contributed by atoms with van der Waals surface area (Å²) in [5.41, 5.74) is 1.88. The summed E-state index contributed by atoms with van der Waals surface area (Å²) in [6.45, 7) is 0.446. The molecule has 1 N–H and O–H groups in total. The Hall–Kier alpha value is -4.00. The minimum atomic E-state index is -0.859. The van der Waals surface area contributed by atoms with Crippen LogP contribution in [0.5, 0.6) is 5.75 Å². The molecule has 1 saturated heterocycles. The summed E-state index contributed by atoms with van der Waals surface area (Å²) in [5.74, 6) is -0.755. The second kappa shape index (κ2) is 10.5. The van der Waals surface area contributed by atoms with Crippen molar-refractivity contribution >= 4 is 40.7 Å². The van der Waals surface area contributed by atoms with Crippen molar-refractivity contribution in [3.8, 4) is 5.75 Å². The lowest BCUT2D eigenvalue weighted by Crippen LogP contribution is -2.29. The van der Waals surface area contributed by atoms with Crippen LogP contribution in [0.1, 0.15) is 28.5 Å². The van der Waals surface area contributed by atoms with Crippen LogP contribution < -0.4 is 4.74 Å². The first-order valence-corrected chi connectivity index (χ1v) is 12.2. The summed E-state index contributed by atoms with van der Waals surface area (Å²) < 4.78 is 11.3. The molecule has 3 aromatic carbocycles. The highest BCUT2D eigenvalue weighted by molar-refractivity contribution is 6.46. The molecule has 37 heavy (non-hydrogen) atoms. The Labute approximate surface area is 223 Å². The normalized spacial score (nSPS) is 16.8. The van der Waals surface area contributed by atoms with E-state index in [1.54, 1.807) is 42.5 Å². The number of benzene rings is 3. The zero-order chi connectivity index (χ0) is 25.9. The molecular formula is C29H21Cl2NO5. The van der Waals surface area contributed by atoms with Gasteiger partial charge in [0.05, 0.1) is 34.5 Å². The molecule has 6 nitrogen and oxygen atoms in total. The van der Waals surface area contributed by atoms with Crippen LogP contribution in [0.2, 0.25) is 10.0 Å². The van der Waals surface area contributed by atoms with Gasteiger partial charge in [-0.1, -0.05) is 65.7 Å². The standard InChI is InChI=1S/C29H21Cl2NO5/c30-23-13-10-20(15-24(23)31)27(33)25-26(32(29(35)28(25)34)16-22-7-4-14-36-22)19-8-11-21(12-9-19)37-17-18-5-2-1-3-6-18/h1-15,26,33H,16-17H2/b27-25-. The topological polar surface area (TPSA) is 80.0 Å². The summed E-state index contributed by atoms with van der Waals surface area (Å²) in [7, 11) is 0. The van der Waals surface area contributed by atoms with E-state index in [0.29, 0.717) is 28.7 Å². The zero-order valence-electron chi connectivity index (χ0n) is 19.4. The maximum absolute atomic E-state index is 13.2. The molecule has 1 fully saturated rings. The van der Waals surface area contributed by atoms with E-state index in [1.165, 1.54) is 23.3 Å². The van der Waals surface area contributed by atoms with Crippen molar-refractivity contribution in [2.45, 2.75) is 19.2 Å². The number of hydrogen-bond acceptors (Lipinski definition) is 5. The molecule has 0 spiro atoms. The molecule has 1 aromatic heterocycles. The molecule has 1 unspecified atom stereocenters. The maximum Gasteiger partial charge on any atom is 0.296 e. The lowest BCUT2D eigenvalue weighted by Gasteiger charge is -2.24. The molecule has 2 heterocycles. The molecule has 1 aliphatic rings. The Morgan fingerprint density at radius 3 is 2.35 bits per heavy atom. The minimum Gasteiger partial charge on any atom is -0.507 e. The molecule has 1 aliphatic heterocycles. The Morgan fingerprint density at radius 2 is 1.68 bits per heavy atom. The molecular weight excluding hydrogens is 513 g/mol. The van der Waals surface area contributed by atoms with Gasteiger partial charge in [-0.25, -0.2) is 0 Å². The van der Waals surface area contributed by atoms with Crippen LogP contribution >= 0.6 is 23.2 Å². The van der Waals surface area contributed by atoms with Crippen LogP contribution in [-0.4, -0.2) is 21.7 Å². The number of halogens is 2. The maximum atomic E-state index is 13.2. The smallest absolute Gasteiger partial charge is 0.296 e. The van der Waals surface area contributed by atoms with E-state index >= 15 is 0 Å². The summed E-state index contributed by atoms with van der Waals surface area (Å²) >= 11 is 12.2. The number of furan rings is 1. The van der Waals surface area contributed by atoms with Crippen molar-refractivity contribution in [3.63, 3.8) is 0 Å². The van der Waals surface area contributed by atoms with Crippen molar-refractivity contribution in [1.82, 2.24) is 4.90 Å². The molecule has 0 bridgehead atoms. The molecule has 1 amide bonds. The van der Waals surface area contributed by atoms with Crippen LogP contribution in [0, 0.1) is 0 Å². The predicted molar refractivity (Wildman–Crippen MR) is 140 cm³/mol. The third-order valence-electron chi connectivity index (χ3n) is 6.08. The molecule has 1 atom stereocenters. The number of ketones is 1.